The number of fused-ring (bicyclic) bond motifs is 1. The molecule has 0 amide bonds. The van der Waals surface area contributed by atoms with Crippen LogP contribution in [0.5, 0.6) is 0 Å². The summed E-state index contributed by atoms with van der Waals surface area (Å²) in [6, 6.07) is 8.47. The van der Waals surface area contributed by atoms with Crippen LogP contribution in [0.3, 0.4) is 0 Å². The van der Waals surface area contributed by atoms with Crippen LogP contribution >= 0.6 is 0 Å². The SMILES string of the molecule is C#CCN(C)C1=CCc2ccccc21. The molecule has 14 heavy (non-hydrogen) atoms. The fraction of sp³-hybridized carbons (Fsp3) is 0.231. The molecular weight excluding hydrogens is 170 g/mol. The molecular formula is C13H13N. The molecule has 0 unspecified atom stereocenters. The first-order valence-electron chi connectivity index (χ1n) is 4.76. The van der Waals surface area contributed by atoms with Gasteiger partial charge in [0.25, 0.3) is 0 Å². The van der Waals surface area contributed by atoms with E-state index in [0.717, 1.165) is 6.42 Å². The smallest absolute Gasteiger partial charge is 0.0788 e. The molecule has 1 aromatic carbocycles. The van der Waals surface area contributed by atoms with Crippen molar-refractivity contribution in [2.45, 2.75) is 6.42 Å². The van der Waals surface area contributed by atoms with Crippen LogP contribution in [0, 0.1) is 12.3 Å². The number of benzene rings is 1. The normalized spacial score (nSPS) is 13.0. The zero-order chi connectivity index (χ0) is 9.97. The number of hydrogen-bond donors (Lipinski definition) is 0. The summed E-state index contributed by atoms with van der Waals surface area (Å²) < 4.78 is 0. The van der Waals surface area contributed by atoms with Crippen LogP contribution in [-0.4, -0.2) is 18.5 Å². The standard InChI is InChI=1S/C13H13N/c1-3-10-14(2)13-9-8-11-6-4-5-7-12(11)13/h1,4-7,9H,8,10H2,2H3. The Labute approximate surface area is 85.0 Å². The molecule has 0 saturated carbocycles. The Balaban J connectivity index is 2.29. The van der Waals surface area contributed by atoms with Crippen molar-refractivity contribution < 1.29 is 0 Å². The van der Waals surface area contributed by atoms with Crippen molar-refractivity contribution in [3.8, 4) is 12.3 Å². The van der Waals surface area contributed by atoms with Crippen molar-refractivity contribution in [2.75, 3.05) is 13.6 Å². The lowest BCUT2D eigenvalue weighted by Crippen LogP contribution is -2.15. The number of terminal acetylenes is 1. The lowest BCUT2D eigenvalue weighted by Gasteiger charge is -2.18. The molecule has 0 bridgehead atoms. The Morgan fingerprint density at radius 2 is 2.21 bits per heavy atom. The first kappa shape index (κ1) is 8.90. The molecule has 1 nitrogen and oxygen atoms in total. The summed E-state index contributed by atoms with van der Waals surface area (Å²) in [7, 11) is 2.04. The van der Waals surface area contributed by atoms with E-state index in [4.69, 9.17) is 6.42 Å². The molecule has 70 valence electrons. The molecule has 0 aliphatic heterocycles. The molecule has 0 aromatic heterocycles. The van der Waals surface area contributed by atoms with Crippen LogP contribution in [0.1, 0.15) is 11.1 Å². The highest BCUT2D eigenvalue weighted by Crippen LogP contribution is 2.28. The minimum absolute atomic E-state index is 0.667. The lowest BCUT2D eigenvalue weighted by molar-refractivity contribution is 0.545. The molecule has 0 radical (unpaired) electrons. The second kappa shape index (κ2) is 3.59. The Morgan fingerprint density at radius 3 is 3.00 bits per heavy atom. The Hall–Kier alpha value is -1.68. The van der Waals surface area contributed by atoms with Gasteiger partial charge < -0.3 is 4.90 Å². The maximum Gasteiger partial charge on any atom is 0.0788 e. The van der Waals surface area contributed by atoms with Crippen LogP contribution in [0.15, 0.2) is 30.3 Å². The van der Waals surface area contributed by atoms with Crippen molar-refractivity contribution >= 4 is 5.70 Å². The second-order valence-electron chi connectivity index (χ2n) is 3.51. The number of nitrogens with zero attached hydrogens (tertiary/aromatic N) is 1. The van der Waals surface area contributed by atoms with Crippen molar-refractivity contribution in [2.24, 2.45) is 0 Å². The summed E-state index contributed by atoms with van der Waals surface area (Å²) >= 11 is 0. The van der Waals surface area contributed by atoms with E-state index in [9.17, 15) is 0 Å². The van der Waals surface area contributed by atoms with Gasteiger partial charge in [-0.3, -0.25) is 0 Å². The highest BCUT2D eigenvalue weighted by atomic mass is 15.1. The van der Waals surface area contributed by atoms with Crippen LogP contribution in [0.25, 0.3) is 5.70 Å². The minimum Gasteiger partial charge on any atom is -0.363 e. The molecule has 0 N–H and O–H groups in total. The first-order chi connectivity index (χ1) is 6.83. The third kappa shape index (κ3) is 1.40. The van der Waals surface area contributed by atoms with Gasteiger partial charge in [-0.2, -0.15) is 0 Å². The summed E-state index contributed by atoms with van der Waals surface area (Å²) in [5.41, 5.74) is 3.98. The molecule has 0 fully saturated rings. The van der Waals surface area contributed by atoms with E-state index in [1.807, 2.05) is 7.05 Å². The van der Waals surface area contributed by atoms with Gasteiger partial charge in [0.2, 0.25) is 0 Å². The quantitative estimate of drug-likeness (QED) is 0.635. The molecule has 0 heterocycles. The van der Waals surface area contributed by atoms with Crippen LogP contribution < -0.4 is 0 Å². The maximum absolute atomic E-state index is 5.30. The van der Waals surface area contributed by atoms with Gasteiger partial charge in [-0.15, -0.1) is 6.42 Å². The van der Waals surface area contributed by atoms with Crippen LogP contribution in [0.2, 0.25) is 0 Å². The second-order valence-corrected chi connectivity index (χ2v) is 3.51. The van der Waals surface area contributed by atoms with Crippen LogP contribution in [0.4, 0.5) is 0 Å². The van der Waals surface area contributed by atoms with Crippen LogP contribution in [-0.2, 0) is 6.42 Å². The van der Waals surface area contributed by atoms with Gasteiger partial charge in [0.1, 0.15) is 0 Å². The Bertz CT molecular complexity index is 409. The largest absolute Gasteiger partial charge is 0.363 e. The van der Waals surface area contributed by atoms with Gasteiger partial charge in [0, 0.05) is 18.3 Å². The van der Waals surface area contributed by atoms with Gasteiger partial charge in [-0.25, -0.2) is 0 Å². The lowest BCUT2D eigenvalue weighted by atomic mass is 10.1. The van der Waals surface area contributed by atoms with E-state index in [0.29, 0.717) is 6.54 Å². The number of allylic oxidation sites excluding steroid dienone is 1. The predicted molar refractivity (Wildman–Crippen MR) is 59.6 cm³/mol. The van der Waals surface area contributed by atoms with Crippen molar-refractivity contribution in [1.82, 2.24) is 4.90 Å². The minimum atomic E-state index is 0.667. The molecule has 0 saturated heterocycles. The molecule has 0 atom stereocenters. The van der Waals surface area contributed by atoms with Gasteiger partial charge in [0.15, 0.2) is 0 Å². The molecule has 1 heteroatoms. The molecule has 1 aliphatic carbocycles. The van der Waals surface area contributed by atoms with E-state index >= 15 is 0 Å². The third-order valence-corrected chi connectivity index (χ3v) is 2.55. The van der Waals surface area contributed by atoms with Crippen molar-refractivity contribution in [3.63, 3.8) is 0 Å². The van der Waals surface area contributed by atoms with Gasteiger partial charge >= 0.3 is 0 Å². The molecule has 2 rings (SSSR count). The number of rotatable bonds is 2. The number of hydrogen-bond acceptors (Lipinski definition) is 1. The topological polar surface area (TPSA) is 3.24 Å². The van der Waals surface area contributed by atoms with E-state index in [1.165, 1.54) is 16.8 Å². The van der Waals surface area contributed by atoms with E-state index < -0.39 is 0 Å². The summed E-state index contributed by atoms with van der Waals surface area (Å²) in [6.45, 7) is 0.667. The monoisotopic (exact) mass is 183 g/mol. The Kier molecular flexibility index (Phi) is 2.28. The molecule has 0 spiro atoms. The van der Waals surface area contributed by atoms with E-state index in [1.54, 1.807) is 0 Å². The summed E-state index contributed by atoms with van der Waals surface area (Å²) in [4.78, 5) is 2.12. The van der Waals surface area contributed by atoms with Crippen molar-refractivity contribution in [1.29, 1.82) is 0 Å². The maximum atomic E-state index is 5.30. The predicted octanol–water partition coefficient (Wildman–Crippen LogP) is 2.15. The summed E-state index contributed by atoms with van der Waals surface area (Å²) in [6.07, 6.45) is 8.56. The third-order valence-electron chi connectivity index (χ3n) is 2.55. The van der Waals surface area contributed by atoms with E-state index in [-0.39, 0.29) is 0 Å². The fourth-order valence-electron chi connectivity index (χ4n) is 1.85. The summed E-state index contributed by atoms with van der Waals surface area (Å²) in [5, 5.41) is 0. The average Bonchev–Trinajstić information content (AvgIpc) is 2.61. The average molecular weight is 183 g/mol. The molecule has 1 aromatic rings. The first-order valence-corrected chi connectivity index (χ1v) is 4.76. The fourth-order valence-corrected chi connectivity index (χ4v) is 1.85. The van der Waals surface area contributed by atoms with Gasteiger partial charge in [0.05, 0.1) is 6.54 Å². The van der Waals surface area contributed by atoms with Gasteiger partial charge in [-0.05, 0) is 12.0 Å². The van der Waals surface area contributed by atoms with E-state index in [2.05, 4.69) is 41.2 Å². The van der Waals surface area contributed by atoms with Gasteiger partial charge in [-0.1, -0.05) is 36.3 Å². The summed E-state index contributed by atoms with van der Waals surface area (Å²) in [5.74, 6) is 2.66. The Morgan fingerprint density at radius 1 is 1.43 bits per heavy atom. The zero-order valence-corrected chi connectivity index (χ0v) is 8.33. The molecule has 1 aliphatic rings. The van der Waals surface area contributed by atoms with Crippen molar-refractivity contribution in [3.05, 3.63) is 41.5 Å². The highest BCUT2D eigenvalue weighted by Gasteiger charge is 2.15. The zero-order valence-electron chi connectivity index (χ0n) is 8.33. The highest BCUT2D eigenvalue weighted by molar-refractivity contribution is 5.71.